The van der Waals surface area contributed by atoms with Crippen molar-refractivity contribution in [2.45, 2.75) is 31.2 Å². The minimum absolute atomic E-state index is 0.00220. The van der Waals surface area contributed by atoms with Crippen LogP contribution in [0.15, 0.2) is 53.4 Å². The lowest BCUT2D eigenvalue weighted by molar-refractivity contribution is -0.121. The predicted molar refractivity (Wildman–Crippen MR) is 117 cm³/mol. The first-order chi connectivity index (χ1) is 14.6. The summed E-state index contributed by atoms with van der Waals surface area (Å²) in [5.41, 5.74) is 6.46. The number of aryl methyl sites for hydroxylation is 1. The number of carbonyl (C=O) groups is 2. The van der Waals surface area contributed by atoms with Gasteiger partial charge in [0.1, 0.15) is 5.82 Å². The molecule has 31 heavy (non-hydrogen) atoms. The van der Waals surface area contributed by atoms with E-state index in [0.717, 1.165) is 11.0 Å². The van der Waals surface area contributed by atoms with Gasteiger partial charge in [-0.3, -0.25) is 20.4 Å². The number of fused-ring (bicyclic) bond motifs is 1. The number of hydrogen-bond donors (Lipinski definition) is 2. The molecule has 164 valence electrons. The number of imidazole rings is 1. The monoisotopic (exact) mass is 443 g/mol. The lowest BCUT2D eigenvalue weighted by atomic mass is 10.2. The van der Waals surface area contributed by atoms with E-state index in [1.54, 1.807) is 13.8 Å². The van der Waals surface area contributed by atoms with Gasteiger partial charge in [-0.25, -0.2) is 13.4 Å². The van der Waals surface area contributed by atoms with Gasteiger partial charge in [0.25, 0.3) is 5.91 Å². The zero-order valence-electron chi connectivity index (χ0n) is 17.8. The summed E-state index contributed by atoms with van der Waals surface area (Å²) in [6.07, 6.45) is -0.0287. The molecule has 1 heterocycles. The largest absolute Gasteiger partial charge is 0.331 e. The highest BCUT2D eigenvalue weighted by atomic mass is 32.2. The molecule has 9 nitrogen and oxygen atoms in total. The second kappa shape index (κ2) is 8.86. The van der Waals surface area contributed by atoms with E-state index in [1.807, 2.05) is 35.9 Å². The third-order valence-electron chi connectivity index (χ3n) is 5.01. The third kappa shape index (κ3) is 4.75. The molecule has 3 aromatic rings. The van der Waals surface area contributed by atoms with E-state index in [4.69, 9.17) is 0 Å². The Hall–Kier alpha value is -3.24. The summed E-state index contributed by atoms with van der Waals surface area (Å²) < 4.78 is 28.3. The molecule has 0 unspecified atom stereocenters. The average Bonchev–Trinajstić information content (AvgIpc) is 3.06. The van der Waals surface area contributed by atoms with Crippen LogP contribution in [0.2, 0.25) is 0 Å². The summed E-state index contributed by atoms with van der Waals surface area (Å²) in [5, 5.41) is 0. The van der Waals surface area contributed by atoms with Crippen LogP contribution in [0, 0.1) is 0 Å². The maximum atomic E-state index is 12.6. The smallest absolute Gasteiger partial charge is 0.269 e. The number of rotatable bonds is 6. The second-order valence-electron chi connectivity index (χ2n) is 7.40. The molecule has 0 radical (unpaired) electrons. The predicted octanol–water partition coefficient (Wildman–Crippen LogP) is 1.61. The molecule has 1 aromatic heterocycles. The zero-order chi connectivity index (χ0) is 22.8. The molecular formula is C21H25N5O4S. The molecule has 0 bridgehead atoms. The van der Waals surface area contributed by atoms with Crippen LogP contribution >= 0.6 is 0 Å². The first-order valence-corrected chi connectivity index (χ1v) is 11.1. The Morgan fingerprint density at radius 2 is 1.81 bits per heavy atom. The molecule has 0 aliphatic carbocycles. The maximum absolute atomic E-state index is 12.6. The van der Waals surface area contributed by atoms with Gasteiger partial charge in [0.15, 0.2) is 0 Å². The van der Waals surface area contributed by atoms with E-state index < -0.39 is 21.8 Å². The number of carbonyl (C=O) groups excluding carboxylic acids is 2. The van der Waals surface area contributed by atoms with Crippen LogP contribution in [0.1, 0.15) is 30.0 Å². The molecule has 2 aromatic carbocycles. The highest BCUT2D eigenvalue weighted by molar-refractivity contribution is 7.89. The van der Waals surface area contributed by atoms with Crippen molar-refractivity contribution in [2.75, 3.05) is 7.05 Å². The Morgan fingerprint density at radius 1 is 1.10 bits per heavy atom. The van der Waals surface area contributed by atoms with Gasteiger partial charge < -0.3 is 4.57 Å². The summed E-state index contributed by atoms with van der Waals surface area (Å²) in [4.78, 5) is 29.2. The number of nitrogens with zero attached hydrogens (tertiary/aromatic N) is 3. The van der Waals surface area contributed by atoms with Crippen molar-refractivity contribution in [3.05, 3.63) is 59.9 Å². The van der Waals surface area contributed by atoms with Gasteiger partial charge in [0.05, 0.1) is 22.3 Å². The van der Waals surface area contributed by atoms with E-state index >= 15 is 0 Å². The maximum Gasteiger partial charge on any atom is 0.269 e. The van der Waals surface area contributed by atoms with Crippen molar-refractivity contribution >= 4 is 32.9 Å². The normalized spacial score (nSPS) is 11.8. The first-order valence-electron chi connectivity index (χ1n) is 9.69. The minimum Gasteiger partial charge on any atom is -0.331 e. The van der Waals surface area contributed by atoms with Gasteiger partial charge in [-0.2, -0.15) is 4.31 Å². The molecule has 2 N–H and O–H groups in total. The van der Waals surface area contributed by atoms with Gasteiger partial charge in [-0.15, -0.1) is 0 Å². The molecule has 0 aliphatic heterocycles. The van der Waals surface area contributed by atoms with Gasteiger partial charge in [-0.05, 0) is 44.2 Å². The molecule has 0 atom stereocenters. The first kappa shape index (κ1) is 22.4. The topological polar surface area (TPSA) is 113 Å². The van der Waals surface area contributed by atoms with Crippen LogP contribution in [0.25, 0.3) is 11.0 Å². The van der Waals surface area contributed by atoms with Crippen molar-refractivity contribution in [3.63, 3.8) is 0 Å². The number of sulfonamides is 1. The number of hydrogen-bond acceptors (Lipinski definition) is 5. The van der Waals surface area contributed by atoms with Crippen LogP contribution in [0.3, 0.4) is 0 Å². The van der Waals surface area contributed by atoms with Crippen LogP contribution < -0.4 is 10.9 Å². The minimum atomic E-state index is -3.73. The Morgan fingerprint density at radius 3 is 2.48 bits per heavy atom. The number of nitrogens with one attached hydrogen (secondary N) is 2. The molecule has 3 rings (SSSR count). The van der Waals surface area contributed by atoms with Crippen LogP contribution in [-0.2, 0) is 28.3 Å². The Labute approximate surface area is 181 Å². The summed E-state index contributed by atoms with van der Waals surface area (Å²) in [6.45, 7) is 3.52. The highest BCUT2D eigenvalue weighted by Gasteiger charge is 2.24. The van der Waals surface area contributed by atoms with E-state index in [9.17, 15) is 18.0 Å². The molecule has 0 aliphatic rings. The van der Waals surface area contributed by atoms with Crippen LogP contribution in [-0.4, -0.2) is 47.2 Å². The lowest BCUT2D eigenvalue weighted by Gasteiger charge is -2.21. The number of aromatic nitrogens is 2. The molecule has 10 heteroatoms. The third-order valence-corrected chi connectivity index (χ3v) is 7.04. The van der Waals surface area contributed by atoms with Crippen molar-refractivity contribution < 1.29 is 18.0 Å². The molecule has 0 spiro atoms. The summed E-state index contributed by atoms with van der Waals surface area (Å²) in [7, 11) is -0.433. The number of para-hydroxylation sites is 2. The molecular weight excluding hydrogens is 418 g/mol. The fraction of sp³-hybridized carbons (Fsp3) is 0.286. The van der Waals surface area contributed by atoms with Crippen molar-refractivity contribution in [1.29, 1.82) is 0 Å². The van der Waals surface area contributed by atoms with E-state index in [-0.39, 0.29) is 22.9 Å². The Balaban J connectivity index is 1.66. The zero-order valence-corrected chi connectivity index (χ0v) is 18.6. The Bertz CT molecular complexity index is 1230. The number of amides is 2. The fourth-order valence-electron chi connectivity index (χ4n) is 2.98. The van der Waals surface area contributed by atoms with Crippen LogP contribution in [0.4, 0.5) is 0 Å². The highest BCUT2D eigenvalue weighted by Crippen LogP contribution is 2.18. The van der Waals surface area contributed by atoms with Crippen molar-refractivity contribution in [2.24, 2.45) is 7.05 Å². The molecule has 0 saturated carbocycles. The fourth-order valence-corrected chi connectivity index (χ4v) is 4.40. The van der Waals surface area contributed by atoms with Gasteiger partial charge in [0, 0.05) is 25.7 Å². The Kier molecular flexibility index (Phi) is 6.42. The standard InChI is InChI=1S/C21H25N5O4S/c1-14(2)26(4)31(29,30)16-9-7-8-15(12-16)21(28)24-23-20(27)13-19-22-17-10-5-6-11-18(17)25(19)3/h5-12,14H,13H2,1-4H3,(H,23,27)(H,24,28). The average molecular weight is 444 g/mol. The number of hydrazine groups is 1. The van der Waals surface area contributed by atoms with Gasteiger partial charge >= 0.3 is 0 Å². The van der Waals surface area contributed by atoms with E-state index in [0.29, 0.717) is 5.82 Å². The van der Waals surface area contributed by atoms with Crippen LogP contribution in [0.5, 0.6) is 0 Å². The summed E-state index contributed by atoms with van der Waals surface area (Å²) in [5.74, 6) is -0.518. The lowest BCUT2D eigenvalue weighted by Crippen LogP contribution is -2.42. The molecule has 0 fully saturated rings. The second-order valence-corrected chi connectivity index (χ2v) is 9.40. The molecule has 2 amide bonds. The van der Waals surface area contributed by atoms with Gasteiger partial charge in [-0.1, -0.05) is 18.2 Å². The molecule has 0 saturated heterocycles. The van der Waals surface area contributed by atoms with Crippen molar-refractivity contribution in [1.82, 2.24) is 24.7 Å². The van der Waals surface area contributed by atoms with E-state index in [2.05, 4.69) is 15.8 Å². The summed E-state index contributed by atoms with van der Waals surface area (Å²) >= 11 is 0. The SMILES string of the molecule is CC(C)N(C)S(=O)(=O)c1cccc(C(=O)NNC(=O)Cc2nc3ccccc3n2C)c1. The summed E-state index contributed by atoms with van der Waals surface area (Å²) in [6, 6.07) is 13.0. The quantitative estimate of drug-likeness (QED) is 0.562. The van der Waals surface area contributed by atoms with E-state index in [1.165, 1.54) is 35.6 Å². The number of benzene rings is 2. The van der Waals surface area contributed by atoms with Crippen molar-refractivity contribution in [3.8, 4) is 0 Å². The van der Waals surface area contributed by atoms with Gasteiger partial charge in [0.2, 0.25) is 15.9 Å².